The summed E-state index contributed by atoms with van der Waals surface area (Å²) in [5.74, 6) is 1.87. The molecule has 0 saturated carbocycles. The van der Waals surface area contributed by atoms with Crippen LogP contribution in [-0.2, 0) is 15.9 Å². The average molecular weight is 469 g/mol. The van der Waals surface area contributed by atoms with Crippen LogP contribution >= 0.6 is 0 Å². The van der Waals surface area contributed by atoms with Gasteiger partial charge in [0.2, 0.25) is 0 Å². The molecule has 1 amide bonds. The molecule has 1 aromatic rings. The van der Waals surface area contributed by atoms with E-state index in [4.69, 9.17) is 24.7 Å². The SMILES string of the molecule is COCCCOc1cc(C[C@@H](C[C@@H](NC(=O)OC(C)(C)C)[C@@H](O)CN)C(C)C)ccc1OC. The number of hydrogen-bond acceptors (Lipinski definition) is 7. The van der Waals surface area contributed by atoms with Crippen LogP contribution in [0.4, 0.5) is 4.79 Å². The van der Waals surface area contributed by atoms with Crippen molar-refractivity contribution in [1.82, 2.24) is 5.32 Å². The fourth-order valence-corrected chi connectivity index (χ4v) is 3.50. The molecular weight excluding hydrogens is 424 g/mol. The molecule has 1 aromatic carbocycles. The number of alkyl carbamates (subject to hydrolysis) is 1. The third kappa shape index (κ3) is 11.1. The molecule has 8 heteroatoms. The van der Waals surface area contributed by atoms with Crippen molar-refractivity contribution in [1.29, 1.82) is 0 Å². The summed E-state index contributed by atoms with van der Waals surface area (Å²) in [6, 6.07) is 5.41. The van der Waals surface area contributed by atoms with E-state index in [-0.39, 0.29) is 12.5 Å². The Hall–Kier alpha value is -2.03. The number of nitrogens with two attached hydrogens (primary N) is 1. The Kier molecular flexibility index (Phi) is 12.5. The molecule has 3 atom stereocenters. The number of aliphatic hydroxyl groups is 1. The summed E-state index contributed by atoms with van der Waals surface area (Å²) in [7, 11) is 3.29. The highest BCUT2D eigenvalue weighted by Crippen LogP contribution is 2.31. The van der Waals surface area contributed by atoms with E-state index in [1.807, 2.05) is 18.2 Å². The van der Waals surface area contributed by atoms with Crippen LogP contribution in [0.2, 0.25) is 0 Å². The summed E-state index contributed by atoms with van der Waals surface area (Å²) >= 11 is 0. The molecule has 0 heterocycles. The molecule has 0 spiro atoms. The van der Waals surface area contributed by atoms with Gasteiger partial charge in [-0.15, -0.1) is 0 Å². The maximum absolute atomic E-state index is 12.3. The minimum atomic E-state index is -0.866. The lowest BCUT2D eigenvalue weighted by atomic mass is 9.83. The second kappa shape index (κ2) is 14.3. The van der Waals surface area contributed by atoms with Crippen molar-refractivity contribution >= 4 is 6.09 Å². The van der Waals surface area contributed by atoms with E-state index in [9.17, 15) is 9.90 Å². The molecule has 0 aromatic heterocycles. The number of methoxy groups -OCH3 is 2. The van der Waals surface area contributed by atoms with Crippen LogP contribution in [0.1, 0.15) is 53.0 Å². The molecule has 4 N–H and O–H groups in total. The highest BCUT2D eigenvalue weighted by Gasteiger charge is 2.28. The topological polar surface area (TPSA) is 112 Å². The van der Waals surface area contributed by atoms with Gasteiger partial charge < -0.3 is 35.1 Å². The molecule has 0 aliphatic rings. The number of ether oxygens (including phenoxy) is 4. The Labute approximate surface area is 199 Å². The smallest absolute Gasteiger partial charge is 0.407 e. The lowest BCUT2D eigenvalue weighted by Crippen LogP contribution is -2.49. The third-order valence-electron chi connectivity index (χ3n) is 5.38. The predicted molar refractivity (Wildman–Crippen MR) is 130 cm³/mol. The van der Waals surface area contributed by atoms with Crippen LogP contribution in [-0.4, -0.2) is 62.9 Å². The van der Waals surface area contributed by atoms with Crippen molar-refractivity contribution in [2.75, 3.05) is 34.0 Å². The molecule has 8 nitrogen and oxygen atoms in total. The Morgan fingerprint density at radius 2 is 1.85 bits per heavy atom. The summed E-state index contributed by atoms with van der Waals surface area (Å²) in [4.78, 5) is 12.3. The fourth-order valence-electron chi connectivity index (χ4n) is 3.50. The van der Waals surface area contributed by atoms with E-state index < -0.39 is 23.8 Å². The molecule has 0 aliphatic carbocycles. The minimum absolute atomic E-state index is 0.0489. The number of rotatable bonds is 14. The Balaban J connectivity index is 2.96. The molecule has 0 radical (unpaired) electrons. The Morgan fingerprint density at radius 1 is 1.15 bits per heavy atom. The van der Waals surface area contributed by atoms with Crippen molar-refractivity contribution in [3.8, 4) is 11.5 Å². The van der Waals surface area contributed by atoms with Gasteiger partial charge in [-0.3, -0.25) is 0 Å². The van der Waals surface area contributed by atoms with Gasteiger partial charge in [-0.1, -0.05) is 19.9 Å². The lowest BCUT2D eigenvalue weighted by molar-refractivity contribution is 0.0400. The van der Waals surface area contributed by atoms with Crippen LogP contribution < -0.4 is 20.5 Å². The Bertz CT molecular complexity index is 705. The molecule has 0 fully saturated rings. The molecular formula is C25H44N2O6. The number of benzene rings is 1. The van der Waals surface area contributed by atoms with E-state index in [1.165, 1.54) is 0 Å². The number of hydrogen-bond donors (Lipinski definition) is 3. The molecule has 0 bridgehead atoms. The highest BCUT2D eigenvalue weighted by atomic mass is 16.6. The molecule has 0 saturated heterocycles. The number of aliphatic hydroxyl groups excluding tert-OH is 1. The van der Waals surface area contributed by atoms with Gasteiger partial charge in [-0.05, 0) is 63.1 Å². The molecule has 1 rings (SSSR count). The molecule has 33 heavy (non-hydrogen) atoms. The van der Waals surface area contributed by atoms with E-state index in [0.717, 1.165) is 18.4 Å². The van der Waals surface area contributed by atoms with Gasteiger partial charge in [0.1, 0.15) is 5.60 Å². The summed E-state index contributed by atoms with van der Waals surface area (Å²) in [6.45, 7) is 10.9. The normalized spacial score (nSPS) is 14.5. The van der Waals surface area contributed by atoms with Crippen molar-refractivity contribution < 1.29 is 28.8 Å². The van der Waals surface area contributed by atoms with Crippen LogP contribution in [0, 0.1) is 11.8 Å². The first-order chi connectivity index (χ1) is 15.5. The maximum atomic E-state index is 12.3. The second-order valence-corrected chi connectivity index (χ2v) is 9.68. The first-order valence-electron chi connectivity index (χ1n) is 11.7. The minimum Gasteiger partial charge on any atom is -0.493 e. The maximum Gasteiger partial charge on any atom is 0.407 e. The summed E-state index contributed by atoms with van der Waals surface area (Å²) in [5.41, 5.74) is 6.19. The van der Waals surface area contributed by atoms with Gasteiger partial charge in [-0.25, -0.2) is 4.79 Å². The standard InChI is InChI=1S/C25H44N2O6/c1-17(2)19(15-20(21(28)16-26)27-24(29)33-25(3,4)5)13-18-9-10-22(31-7)23(14-18)32-12-8-11-30-6/h9-10,14,17,19-21,28H,8,11-13,15-16,26H2,1-7H3,(H,27,29)/t19-,20+,21-/m0/s1. The van der Waals surface area contributed by atoms with Gasteiger partial charge in [0.05, 0.1) is 25.9 Å². The van der Waals surface area contributed by atoms with E-state index in [1.54, 1.807) is 35.0 Å². The van der Waals surface area contributed by atoms with Crippen LogP contribution in [0.15, 0.2) is 18.2 Å². The van der Waals surface area contributed by atoms with Crippen molar-refractivity contribution in [2.45, 2.75) is 71.6 Å². The lowest BCUT2D eigenvalue weighted by Gasteiger charge is -2.31. The van der Waals surface area contributed by atoms with Gasteiger partial charge in [0.15, 0.2) is 11.5 Å². The van der Waals surface area contributed by atoms with Crippen molar-refractivity contribution in [3.63, 3.8) is 0 Å². The van der Waals surface area contributed by atoms with Gasteiger partial charge in [0.25, 0.3) is 0 Å². The number of amides is 1. The van der Waals surface area contributed by atoms with Gasteiger partial charge >= 0.3 is 6.09 Å². The zero-order valence-electron chi connectivity index (χ0n) is 21.3. The Morgan fingerprint density at radius 3 is 2.39 bits per heavy atom. The largest absolute Gasteiger partial charge is 0.493 e. The zero-order chi connectivity index (χ0) is 25.0. The molecule has 0 unspecified atom stereocenters. The predicted octanol–water partition coefficient (Wildman–Crippen LogP) is 3.53. The highest BCUT2D eigenvalue weighted by molar-refractivity contribution is 5.68. The summed E-state index contributed by atoms with van der Waals surface area (Å²) in [5, 5.41) is 13.3. The molecule has 0 aliphatic heterocycles. The van der Waals surface area contributed by atoms with Gasteiger partial charge in [0, 0.05) is 26.7 Å². The van der Waals surface area contributed by atoms with Crippen molar-refractivity contribution in [3.05, 3.63) is 23.8 Å². The van der Waals surface area contributed by atoms with Crippen LogP contribution in [0.25, 0.3) is 0 Å². The van der Waals surface area contributed by atoms with Crippen molar-refractivity contribution in [2.24, 2.45) is 17.6 Å². The third-order valence-corrected chi connectivity index (χ3v) is 5.38. The fraction of sp³-hybridized carbons (Fsp3) is 0.720. The van der Waals surface area contributed by atoms with Crippen LogP contribution in [0.3, 0.4) is 0 Å². The first kappa shape index (κ1) is 29.0. The van der Waals surface area contributed by atoms with E-state index in [2.05, 4.69) is 19.2 Å². The monoisotopic (exact) mass is 468 g/mol. The number of nitrogens with one attached hydrogen (secondary N) is 1. The number of carbonyl (C=O) groups is 1. The van der Waals surface area contributed by atoms with Gasteiger partial charge in [-0.2, -0.15) is 0 Å². The summed E-state index contributed by atoms with van der Waals surface area (Å²) in [6.07, 6.45) is 0.673. The number of carbonyl (C=O) groups excluding carboxylic acids is 1. The first-order valence-corrected chi connectivity index (χ1v) is 11.7. The summed E-state index contributed by atoms with van der Waals surface area (Å²) < 4.78 is 21.8. The zero-order valence-corrected chi connectivity index (χ0v) is 21.3. The van der Waals surface area contributed by atoms with E-state index >= 15 is 0 Å². The van der Waals surface area contributed by atoms with E-state index in [0.29, 0.717) is 37.1 Å². The molecule has 190 valence electrons. The second-order valence-electron chi connectivity index (χ2n) is 9.68. The van der Waals surface area contributed by atoms with Crippen LogP contribution in [0.5, 0.6) is 11.5 Å². The average Bonchev–Trinajstić information content (AvgIpc) is 2.73. The quantitative estimate of drug-likeness (QED) is 0.358.